The van der Waals surface area contributed by atoms with Crippen LogP contribution in [-0.4, -0.2) is 25.0 Å². The molecule has 0 aliphatic heterocycles. The van der Waals surface area contributed by atoms with Crippen molar-refractivity contribution in [3.63, 3.8) is 0 Å². The van der Waals surface area contributed by atoms with Crippen molar-refractivity contribution >= 4 is 23.2 Å². The van der Waals surface area contributed by atoms with Crippen LogP contribution in [-0.2, 0) is 16.1 Å². The van der Waals surface area contributed by atoms with Crippen molar-refractivity contribution in [1.29, 1.82) is 0 Å². The highest BCUT2D eigenvalue weighted by Crippen LogP contribution is 2.18. The molecule has 0 atom stereocenters. The van der Waals surface area contributed by atoms with Gasteiger partial charge in [0.05, 0.1) is 11.5 Å². The summed E-state index contributed by atoms with van der Waals surface area (Å²) < 4.78 is 10.6. The maximum absolute atomic E-state index is 11.7. The highest BCUT2D eigenvalue weighted by atomic mass is 32.1. The summed E-state index contributed by atoms with van der Waals surface area (Å²) in [5, 5.41) is 4.33. The molecular weight excluding hydrogens is 302 g/mol. The number of carbonyl (C=O) groups excluding carboxylic acids is 2. The normalized spacial score (nSPS) is 10.0. The van der Waals surface area contributed by atoms with Gasteiger partial charge in [0.25, 0.3) is 5.91 Å². The minimum Gasteiger partial charge on any atom is -0.493 e. The number of esters is 1. The molecule has 0 spiro atoms. The molecule has 1 aromatic heterocycles. The maximum atomic E-state index is 11.7. The lowest BCUT2D eigenvalue weighted by Gasteiger charge is -2.10. The molecule has 1 heterocycles. The van der Waals surface area contributed by atoms with Crippen molar-refractivity contribution in [2.45, 2.75) is 13.5 Å². The number of ether oxygens (including phenoxy) is 2. The highest BCUT2D eigenvalue weighted by molar-refractivity contribution is 7.12. The molecule has 22 heavy (non-hydrogen) atoms. The maximum Gasteiger partial charge on any atom is 0.325 e. The Hall–Kier alpha value is -2.34. The summed E-state index contributed by atoms with van der Waals surface area (Å²) >= 11 is 1.32. The molecule has 1 N–H and O–H groups in total. The predicted octanol–water partition coefficient (Wildman–Crippen LogP) is 2.62. The van der Waals surface area contributed by atoms with Crippen LogP contribution in [0.15, 0.2) is 41.8 Å². The summed E-state index contributed by atoms with van der Waals surface area (Å²) in [4.78, 5) is 23.9. The van der Waals surface area contributed by atoms with E-state index in [0.29, 0.717) is 17.2 Å². The molecule has 2 rings (SSSR count). The molecule has 0 saturated carbocycles. The highest BCUT2D eigenvalue weighted by Gasteiger charge is 2.10. The molecule has 0 radical (unpaired) electrons. The number of amides is 1. The molecule has 1 aromatic carbocycles. The van der Waals surface area contributed by atoms with Crippen LogP contribution in [0, 0.1) is 0 Å². The third-order valence-electron chi connectivity index (χ3n) is 2.80. The molecule has 0 fully saturated rings. The Labute approximate surface area is 132 Å². The van der Waals surface area contributed by atoms with Crippen molar-refractivity contribution < 1.29 is 19.1 Å². The molecule has 0 unspecified atom stereocenters. The Morgan fingerprint density at radius 2 is 2.00 bits per heavy atom. The van der Waals surface area contributed by atoms with Gasteiger partial charge in [-0.1, -0.05) is 24.3 Å². The lowest BCUT2D eigenvalue weighted by atomic mass is 10.2. The van der Waals surface area contributed by atoms with E-state index in [4.69, 9.17) is 9.47 Å². The Kier molecular flexibility index (Phi) is 5.97. The van der Waals surface area contributed by atoms with Crippen molar-refractivity contribution in [2.75, 3.05) is 13.2 Å². The van der Waals surface area contributed by atoms with Crippen LogP contribution in [0.25, 0.3) is 0 Å². The minimum absolute atomic E-state index is 0.115. The van der Waals surface area contributed by atoms with Crippen LogP contribution in [0.1, 0.15) is 22.2 Å². The third kappa shape index (κ3) is 4.60. The summed E-state index contributed by atoms with van der Waals surface area (Å²) in [5.41, 5.74) is 0.794. The van der Waals surface area contributed by atoms with Crippen LogP contribution in [0.5, 0.6) is 5.75 Å². The molecule has 0 bridgehead atoms. The van der Waals surface area contributed by atoms with Crippen LogP contribution in [0.2, 0.25) is 0 Å². The molecule has 116 valence electrons. The first kappa shape index (κ1) is 16.0. The average molecular weight is 319 g/mol. The lowest BCUT2D eigenvalue weighted by Crippen LogP contribution is -2.30. The summed E-state index contributed by atoms with van der Waals surface area (Å²) in [7, 11) is 0. The van der Waals surface area contributed by atoms with Crippen LogP contribution < -0.4 is 10.1 Å². The number of benzene rings is 1. The van der Waals surface area contributed by atoms with Gasteiger partial charge in [0.1, 0.15) is 18.9 Å². The topological polar surface area (TPSA) is 64.6 Å². The van der Waals surface area contributed by atoms with E-state index in [1.54, 1.807) is 17.5 Å². The number of nitrogens with one attached hydrogen (secondary N) is 1. The number of thiophene rings is 1. The second-order valence-corrected chi connectivity index (χ2v) is 5.31. The first-order valence-electron chi connectivity index (χ1n) is 6.88. The molecule has 0 saturated heterocycles. The predicted molar refractivity (Wildman–Crippen MR) is 84.1 cm³/mol. The minimum atomic E-state index is -0.490. The molecule has 0 aliphatic carbocycles. The molecule has 6 heteroatoms. The molecular formula is C16H17NO4S. The first-order valence-corrected chi connectivity index (χ1v) is 7.76. The number of rotatable bonds is 7. The van der Waals surface area contributed by atoms with Gasteiger partial charge >= 0.3 is 5.97 Å². The average Bonchev–Trinajstić information content (AvgIpc) is 3.06. The fourth-order valence-electron chi connectivity index (χ4n) is 1.78. The third-order valence-corrected chi connectivity index (χ3v) is 3.67. The van der Waals surface area contributed by atoms with Gasteiger partial charge in [0, 0.05) is 5.56 Å². The Morgan fingerprint density at radius 3 is 2.73 bits per heavy atom. The van der Waals surface area contributed by atoms with Gasteiger partial charge < -0.3 is 14.8 Å². The Morgan fingerprint density at radius 1 is 1.18 bits per heavy atom. The van der Waals surface area contributed by atoms with Gasteiger partial charge in [0.15, 0.2) is 0 Å². The standard InChI is InChI=1S/C16H17NO4S/c1-2-20-13-7-4-3-6-12(13)11-21-15(18)10-17-16(19)14-8-5-9-22-14/h3-9H,2,10-11H2,1H3,(H,17,19). The number of para-hydroxylation sites is 1. The zero-order valence-corrected chi connectivity index (χ0v) is 13.0. The summed E-state index contributed by atoms with van der Waals surface area (Å²) in [6.45, 7) is 2.39. The van der Waals surface area contributed by atoms with Crippen LogP contribution >= 0.6 is 11.3 Å². The number of hydrogen-bond donors (Lipinski definition) is 1. The van der Waals surface area contributed by atoms with Gasteiger partial charge in [-0.05, 0) is 24.4 Å². The number of carbonyl (C=O) groups is 2. The van der Waals surface area contributed by atoms with Crippen LogP contribution in [0.4, 0.5) is 0 Å². The first-order chi connectivity index (χ1) is 10.7. The second kappa shape index (κ2) is 8.19. The molecule has 2 aromatic rings. The molecule has 5 nitrogen and oxygen atoms in total. The Bertz CT molecular complexity index is 625. The van der Waals surface area contributed by atoms with Crippen molar-refractivity contribution in [2.24, 2.45) is 0 Å². The summed E-state index contributed by atoms with van der Waals surface area (Å²) in [6, 6.07) is 10.8. The van der Waals surface area contributed by atoms with E-state index in [0.717, 1.165) is 5.56 Å². The van der Waals surface area contributed by atoms with E-state index in [1.807, 2.05) is 31.2 Å². The molecule has 0 aliphatic rings. The van der Waals surface area contributed by atoms with Gasteiger partial charge in [-0.3, -0.25) is 9.59 Å². The summed E-state index contributed by atoms with van der Waals surface area (Å²) in [5.74, 6) is -0.0710. The largest absolute Gasteiger partial charge is 0.493 e. The fraction of sp³-hybridized carbons (Fsp3) is 0.250. The second-order valence-electron chi connectivity index (χ2n) is 4.36. The van der Waals surface area contributed by atoms with Crippen molar-refractivity contribution in [3.05, 3.63) is 52.2 Å². The lowest BCUT2D eigenvalue weighted by molar-refractivity contribution is -0.143. The van der Waals surface area contributed by atoms with Gasteiger partial charge in [-0.2, -0.15) is 0 Å². The van der Waals surface area contributed by atoms with Gasteiger partial charge in [0.2, 0.25) is 0 Å². The van der Waals surface area contributed by atoms with E-state index < -0.39 is 5.97 Å². The quantitative estimate of drug-likeness (QED) is 0.797. The SMILES string of the molecule is CCOc1ccccc1COC(=O)CNC(=O)c1cccs1. The van der Waals surface area contributed by atoms with Crippen molar-refractivity contribution in [3.8, 4) is 5.75 Å². The van der Waals surface area contributed by atoms with E-state index in [2.05, 4.69) is 5.32 Å². The van der Waals surface area contributed by atoms with Crippen molar-refractivity contribution in [1.82, 2.24) is 5.32 Å². The number of hydrogen-bond acceptors (Lipinski definition) is 5. The van der Waals surface area contributed by atoms with E-state index in [9.17, 15) is 9.59 Å². The van der Waals surface area contributed by atoms with E-state index in [-0.39, 0.29) is 19.1 Å². The molecule has 1 amide bonds. The zero-order chi connectivity index (χ0) is 15.8. The smallest absolute Gasteiger partial charge is 0.325 e. The Balaban J connectivity index is 1.79. The van der Waals surface area contributed by atoms with Gasteiger partial charge in [-0.15, -0.1) is 11.3 Å². The van der Waals surface area contributed by atoms with Crippen LogP contribution in [0.3, 0.4) is 0 Å². The van der Waals surface area contributed by atoms with Gasteiger partial charge in [-0.25, -0.2) is 0 Å². The zero-order valence-electron chi connectivity index (χ0n) is 12.2. The monoisotopic (exact) mass is 319 g/mol. The van der Waals surface area contributed by atoms with E-state index >= 15 is 0 Å². The fourth-order valence-corrected chi connectivity index (χ4v) is 2.42. The summed E-state index contributed by atoms with van der Waals surface area (Å²) in [6.07, 6.45) is 0. The van der Waals surface area contributed by atoms with E-state index in [1.165, 1.54) is 11.3 Å².